The number of imidazole rings is 1. The molecule has 0 unspecified atom stereocenters. The van der Waals surface area contributed by atoms with E-state index >= 15 is 0 Å². The van der Waals surface area contributed by atoms with Crippen molar-refractivity contribution in [3.05, 3.63) is 16.9 Å². The van der Waals surface area contributed by atoms with Crippen LogP contribution in [-0.2, 0) is 11.3 Å². The van der Waals surface area contributed by atoms with Gasteiger partial charge in [0, 0.05) is 7.11 Å². The van der Waals surface area contributed by atoms with Crippen molar-refractivity contribution in [2.45, 2.75) is 6.61 Å². The molecule has 0 saturated heterocycles. The number of rotatable bonds is 3. The topological polar surface area (TPSA) is 76.7 Å². The van der Waals surface area contributed by atoms with Crippen LogP contribution in [0.3, 0.4) is 0 Å². The Balaban J connectivity index is 2.63. The van der Waals surface area contributed by atoms with E-state index in [-0.39, 0.29) is 12.3 Å². The van der Waals surface area contributed by atoms with Crippen LogP contribution in [0.25, 0.3) is 4.96 Å². The highest BCUT2D eigenvalue weighted by atomic mass is 32.1. The van der Waals surface area contributed by atoms with Crippen LogP contribution in [0.1, 0.15) is 16.2 Å². The summed E-state index contributed by atoms with van der Waals surface area (Å²) in [5, 5.41) is 12.8. The summed E-state index contributed by atoms with van der Waals surface area (Å²) in [6.45, 7) is 0.178. The van der Waals surface area contributed by atoms with E-state index in [1.165, 1.54) is 23.0 Å². The normalized spacial score (nSPS) is 10.9. The van der Waals surface area contributed by atoms with Gasteiger partial charge in [0.15, 0.2) is 5.69 Å². The van der Waals surface area contributed by atoms with Crippen LogP contribution in [0.2, 0.25) is 0 Å². The third-order valence-corrected chi connectivity index (χ3v) is 2.38. The lowest BCUT2D eigenvalue weighted by Crippen LogP contribution is -2.06. The number of aromatic nitrogens is 3. The minimum absolute atomic E-state index is 0.0723. The van der Waals surface area contributed by atoms with E-state index in [0.29, 0.717) is 10.7 Å². The molecule has 0 aliphatic heterocycles. The minimum atomic E-state index is -1.05. The van der Waals surface area contributed by atoms with Crippen LogP contribution in [0.15, 0.2) is 5.51 Å². The molecule has 0 fully saturated rings. The number of nitrogens with zero attached hydrogens (tertiary/aromatic N) is 3. The number of hydrogen-bond acceptors (Lipinski definition) is 5. The van der Waals surface area contributed by atoms with Gasteiger partial charge in [0.05, 0.1) is 6.61 Å². The molecule has 0 atom stereocenters. The Kier molecular flexibility index (Phi) is 2.18. The summed E-state index contributed by atoms with van der Waals surface area (Å²) < 4.78 is 6.16. The SMILES string of the molecule is COCc1nc2scnn2c1C(=O)O. The van der Waals surface area contributed by atoms with E-state index in [1.807, 2.05) is 0 Å². The van der Waals surface area contributed by atoms with Gasteiger partial charge in [-0.15, -0.1) is 0 Å². The number of methoxy groups -OCH3 is 1. The molecule has 0 saturated carbocycles. The van der Waals surface area contributed by atoms with Crippen molar-refractivity contribution in [1.82, 2.24) is 14.6 Å². The molecule has 2 rings (SSSR count). The summed E-state index contributed by atoms with van der Waals surface area (Å²) in [5.41, 5.74) is 2.02. The molecule has 0 aromatic carbocycles. The molecule has 0 bridgehead atoms. The summed E-state index contributed by atoms with van der Waals surface area (Å²) in [6.07, 6.45) is 0. The predicted molar refractivity (Wildman–Crippen MR) is 48.5 cm³/mol. The number of fused-ring (bicyclic) bond motifs is 1. The van der Waals surface area contributed by atoms with Crippen LogP contribution in [0.4, 0.5) is 0 Å². The van der Waals surface area contributed by atoms with Gasteiger partial charge in [-0.3, -0.25) is 0 Å². The zero-order valence-electron chi connectivity index (χ0n) is 7.30. The van der Waals surface area contributed by atoms with Crippen LogP contribution < -0.4 is 0 Å². The van der Waals surface area contributed by atoms with E-state index < -0.39 is 5.97 Å². The predicted octanol–water partition coefficient (Wildman–Crippen LogP) is 0.635. The first kappa shape index (κ1) is 9.10. The van der Waals surface area contributed by atoms with Gasteiger partial charge in [0.2, 0.25) is 4.96 Å². The first-order valence-electron chi connectivity index (χ1n) is 3.77. The van der Waals surface area contributed by atoms with Gasteiger partial charge < -0.3 is 9.84 Å². The number of ether oxygens (including phenoxy) is 1. The average molecular weight is 213 g/mol. The minimum Gasteiger partial charge on any atom is -0.476 e. The van der Waals surface area contributed by atoms with Crippen molar-refractivity contribution in [2.75, 3.05) is 7.11 Å². The molecule has 1 N–H and O–H groups in total. The second-order valence-corrected chi connectivity index (χ2v) is 3.39. The van der Waals surface area contributed by atoms with Crippen LogP contribution in [0.5, 0.6) is 0 Å². The zero-order valence-corrected chi connectivity index (χ0v) is 8.11. The number of hydrogen-bond donors (Lipinski definition) is 1. The van der Waals surface area contributed by atoms with Crippen molar-refractivity contribution in [1.29, 1.82) is 0 Å². The smallest absolute Gasteiger partial charge is 0.356 e. The Morgan fingerprint density at radius 3 is 3.21 bits per heavy atom. The molecule has 0 aliphatic carbocycles. The number of carbonyl (C=O) groups is 1. The summed E-state index contributed by atoms with van der Waals surface area (Å²) in [4.78, 5) is 15.6. The van der Waals surface area contributed by atoms with Gasteiger partial charge in [-0.25, -0.2) is 9.78 Å². The van der Waals surface area contributed by atoms with Gasteiger partial charge in [0.1, 0.15) is 11.2 Å². The summed E-state index contributed by atoms with van der Waals surface area (Å²) >= 11 is 1.29. The largest absolute Gasteiger partial charge is 0.476 e. The Labute approximate surface area is 82.8 Å². The molecule has 0 radical (unpaired) electrons. The van der Waals surface area contributed by atoms with Gasteiger partial charge in [-0.2, -0.15) is 9.61 Å². The lowest BCUT2D eigenvalue weighted by molar-refractivity contribution is 0.0682. The maximum Gasteiger partial charge on any atom is 0.356 e. The molecule has 7 heteroatoms. The lowest BCUT2D eigenvalue weighted by Gasteiger charge is -1.95. The number of aromatic carboxylic acids is 1. The second kappa shape index (κ2) is 3.35. The van der Waals surface area contributed by atoms with E-state index in [9.17, 15) is 4.79 Å². The van der Waals surface area contributed by atoms with Gasteiger partial charge in [0.25, 0.3) is 0 Å². The summed E-state index contributed by atoms with van der Waals surface area (Å²) in [7, 11) is 1.49. The summed E-state index contributed by atoms with van der Waals surface area (Å²) in [5.74, 6) is -1.05. The highest BCUT2D eigenvalue weighted by molar-refractivity contribution is 7.14. The van der Waals surface area contributed by atoms with E-state index in [0.717, 1.165) is 0 Å². The Bertz CT molecular complexity index is 475. The maximum atomic E-state index is 10.9. The highest BCUT2D eigenvalue weighted by Gasteiger charge is 2.19. The summed E-state index contributed by atoms with van der Waals surface area (Å²) in [6, 6.07) is 0. The molecule has 14 heavy (non-hydrogen) atoms. The van der Waals surface area contributed by atoms with Crippen molar-refractivity contribution in [2.24, 2.45) is 0 Å². The molecule has 74 valence electrons. The zero-order chi connectivity index (χ0) is 10.1. The monoisotopic (exact) mass is 213 g/mol. The van der Waals surface area contributed by atoms with Crippen LogP contribution >= 0.6 is 11.3 Å². The molecule has 2 aromatic rings. The van der Waals surface area contributed by atoms with Crippen molar-refractivity contribution in [3.8, 4) is 0 Å². The Hall–Kier alpha value is -1.47. The fourth-order valence-electron chi connectivity index (χ4n) is 1.19. The van der Waals surface area contributed by atoms with E-state index in [1.54, 1.807) is 5.51 Å². The third-order valence-electron chi connectivity index (χ3n) is 1.70. The van der Waals surface area contributed by atoms with Crippen LogP contribution in [0, 0.1) is 0 Å². The molecular formula is C7H7N3O3S. The highest BCUT2D eigenvalue weighted by Crippen LogP contribution is 2.15. The molecule has 0 spiro atoms. The third kappa shape index (κ3) is 1.26. The molecule has 6 nitrogen and oxygen atoms in total. The number of carboxylic acids is 1. The van der Waals surface area contributed by atoms with Crippen molar-refractivity contribution < 1.29 is 14.6 Å². The Morgan fingerprint density at radius 2 is 2.57 bits per heavy atom. The molecule has 0 amide bonds. The van der Waals surface area contributed by atoms with Crippen molar-refractivity contribution in [3.63, 3.8) is 0 Å². The van der Waals surface area contributed by atoms with Gasteiger partial charge in [-0.05, 0) is 0 Å². The Morgan fingerprint density at radius 1 is 1.79 bits per heavy atom. The fourth-order valence-corrected chi connectivity index (χ4v) is 1.82. The van der Waals surface area contributed by atoms with Gasteiger partial charge in [-0.1, -0.05) is 11.3 Å². The van der Waals surface area contributed by atoms with E-state index in [4.69, 9.17) is 9.84 Å². The molecule has 2 heterocycles. The quantitative estimate of drug-likeness (QED) is 0.809. The van der Waals surface area contributed by atoms with Gasteiger partial charge >= 0.3 is 5.97 Å². The first-order valence-corrected chi connectivity index (χ1v) is 4.65. The van der Waals surface area contributed by atoms with Crippen molar-refractivity contribution >= 4 is 22.3 Å². The second-order valence-electron chi connectivity index (χ2n) is 2.58. The molecule has 2 aromatic heterocycles. The first-order chi connectivity index (χ1) is 6.74. The maximum absolute atomic E-state index is 10.9. The lowest BCUT2D eigenvalue weighted by atomic mass is 10.3. The number of carboxylic acid groups (broad SMARTS) is 1. The average Bonchev–Trinajstić information content (AvgIpc) is 2.62. The standard InChI is InChI=1S/C7H7N3O3S/c1-13-2-4-5(6(11)12)10-7(9-4)14-3-8-10/h3H,2H2,1H3,(H,11,12). The van der Waals surface area contributed by atoms with E-state index in [2.05, 4.69) is 10.1 Å². The molecule has 0 aliphatic rings. The fraction of sp³-hybridized carbons (Fsp3) is 0.286. The van der Waals surface area contributed by atoms with Crippen LogP contribution in [-0.4, -0.2) is 32.8 Å². The molecular weight excluding hydrogens is 206 g/mol.